The van der Waals surface area contributed by atoms with Crippen molar-refractivity contribution in [2.24, 2.45) is 5.92 Å². The number of aliphatic carboxylic acids is 1. The molecule has 2 aliphatic heterocycles. The summed E-state index contributed by atoms with van der Waals surface area (Å²) in [6.45, 7) is 0.746. The SMILES string of the molecule is COc1ccc(S(=O)(=O)N2C[C@@H]3C[C@H](C2)c2ccc(NC(=O)C(=O)[O-])c(=O)n2C3)cc1. The summed E-state index contributed by atoms with van der Waals surface area (Å²) in [6, 6.07) is 9.15. The number of hydrogen-bond acceptors (Lipinski definition) is 7. The Labute approximate surface area is 178 Å². The minimum absolute atomic E-state index is 0.0935. The van der Waals surface area contributed by atoms with Crippen LogP contribution in [0.15, 0.2) is 46.1 Å². The minimum atomic E-state index is -3.71. The molecule has 2 aliphatic rings. The van der Waals surface area contributed by atoms with Gasteiger partial charge in [-0.1, -0.05) is 0 Å². The molecule has 4 rings (SSSR count). The lowest BCUT2D eigenvalue weighted by atomic mass is 9.84. The van der Waals surface area contributed by atoms with Crippen LogP contribution in [-0.4, -0.2) is 49.4 Å². The third-order valence-electron chi connectivity index (χ3n) is 5.70. The number of methoxy groups -OCH3 is 1. The van der Waals surface area contributed by atoms with Gasteiger partial charge in [0, 0.05) is 31.2 Å². The molecule has 0 aliphatic carbocycles. The van der Waals surface area contributed by atoms with E-state index in [0.29, 0.717) is 11.4 Å². The van der Waals surface area contributed by atoms with Crippen LogP contribution in [0.2, 0.25) is 0 Å². The quantitative estimate of drug-likeness (QED) is 0.616. The molecule has 0 radical (unpaired) electrons. The van der Waals surface area contributed by atoms with Crippen molar-refractivity contribution < 1.29 is 27.9 Å². The minimum Gasteiger partial charge on any atom is -0.540 e. The molecule has 164 valence electrons. The van der Waals surface area contributed by atoms with Crippen LogP contribution in [0.25, 0.3) is 0 Å². The zero-order valence-corrected chi connectivity index (χ0v) is 17.4. The normalized spacial score (nSPS) is 20.5. The van der Waals surface area contributed by atoms with Crippen LogP contribution in [0.4, 0.5) is 5.69 Å². The van der Waals surface area contributed by atoms with Crippen LogP contribution >= 0.6 is 0 Å². The van der Waals surface area contributed by atoms with Crippen molar-refractivity contribution in [3.8, 4) is 5.75 Å². The zero-order chi connectivity index (χ0) is 22.3. The van der Waals surface area contributed by atoms with Crippen molar-refractivity contribution >= 4 is 27.6 Å². The fourth-order valence-electron chi connectivity index (χ4n) is 4.26. The van der Waals surface area contributed by atoms with Crippen molar-refractivity contribution in [1.82, 2.24) is 8.87 Å². The highest BCUT2D eigenvalue weighted by molar-refractivity contribution is 7.89. The van der Waals surface area contributed by atoms with Gasteiger partial charge in [0.05, 0.1) is 12.0 Å². The Hall–Kier alpha value is -3.18. The van der Waals surface area contributed by atoms with Crippen molar-refractivity contribution in [1.29, 1.82) is 0 Å². The van der Waals surface area contributed by atoms with Gasteiger partial charge in [0.2, 0.25) is 10.0 Å². The summed E-state index contributed by atoms with van der Waals surface area (Å²) in [5, 5.41) is 12.7. The smallest absolute Gasteiger partial charge is 0.274 e. The van der Waals surface area contributed by atoms with Crippen LogP contribution in [0.1, 0.15) is 18.0 Å². The predicted octanol–water partition coefficient (Wildman–Crippen LogP) is -0.647. The summed E-state index contributed by atoms with van der Waals surface area (Å²) < 4.78 is 34.3. The summed E-state index contributed by atoms with van der Waals surface area (Å²) >= 11 is 0. The van der Waals surface area contributed by atoms with Crippen molar-refractivity contribution in [3.63, 3.8) is 0 Å². The number of amides is 1. The number of carboxylic acid groups (broad SMARTS) is 1. The van der Waals surface area contributed by atoms with E-state index in [1.54, 1.807) is 18.2 Å². The maximum absolute atomic E-state index is 13.1. The number of hydrogen-bond donors (Lipinski definition) is 1. The first-order valence-electron chi connectivity index (χ1n) is 9.61. The lowest BCUT2D eigenvalue weighted by molar-refractivity contribution is -0.299. The summed E-state index contributed by atoms with van der Waals surface area (Å²) in [7, 11) is -2.21. The third kappa shape index (κ3) is 3.81. The molecule has 1 N–H and O–H groups in total. The molecule has 1 fully saturated rings. The molecule has 11 heteroatoms. The third-order valence-corrected chi connectivity index (χ3v) is 7.55. The molecule has 2 atom stereocenters. The molecule has 2 aromatic rings. The lowest BCUT2D eigenvalue weighted by Gasteiger charge is -2.42. The van der Waals surface area contributed by atoms with Crippen LogP contribution < -0.4 is 20.7 Å². The van der Waals surface area contributed by atoms with Crippen LogP contribution in [0.3, 0.4) is 0 Å². The van der Waals surface area contributed by atoms with E-state index in [4.69, 9.17) is 4.74 Å². The van der Waals surface area contributed by atoms with E-state index in [9.17, 15) is 27.9 Å². The van der Waals surface area contributed by atoms with Crippen molar-refractivity contribution in [2.45, 2.75) is 23.8 Å². The van der Waals surface area contributed by atoms with E-state index in [1.165, 1.54) is 34.2 Å². The number of nitrogens with zero attached hydrogens (tertiary/aromatic N) is 2. The van der Waals surface area contributed by atoms with Gasteiger partial charge in [0.25, 0.3) is 11.5 Å². The Morgan fingerprint density at radius 2 is 1.81 bits per heavy atom. The standard InChI is InChI=1S/C20H21N3O7S/c1-30-14-2-4-15(5-3-14)31(28,29)22-9-12-8-13(11-22)17-7-6-16(19(25)23(17)10-12)21-18(24)20(26)27/h2-7,12-13H,8-11H2,1H3,(H,21,24)(H,26,27)/p-1/t12-,13+/m0/s1. The number of piperidine rings is 1. The van der Waals surface area contributed by atoms with Crippen molar-refractivity contribution in [2.75, 3.05) is 25.5 Å². The average molecular weight is 446 g/mol. The maximum Gasteiger partial charge on any atom is 0.274 e. The van der Waals surface area contributed by atoms with Gasteiger partial charge in [0.1, 0.15) is 17.4 Å². The van der Waals surface area contributed by atoms with Gasteiger partial charge in [-0.15, -0.1) is 0 Å². The number of pyridine rings is 1. The molecule has 1 aromatic carbocycles. The number of ether oxygens (including phenoxy) is 1. The second kappa shape index (κ2) is 7.82. The van der Waals surface area contributed by atoms with E-state index in [2.05, 4.69) is 0 Å². The summed E-state index contributed by atoms with van der Waals surface area (Å²) in [5.74, 6) is -3.06. The van der Waals surface area contributed by atoms with E-state index in [1.807, 2.05) is 5.32 Å². The molecule has 1 amide bonds. The Bertz CT molecular complexity index is 1200. The zero-order valence-electron chi connectivity index (χ0n) is 16.6. The van der Waals surface area contributed by atoms with Crippen LogP contribution in [0, 0.1) is 5.92 Å². The van der Waals surface area contributed by atoms with Gasteiger partial charge in [-0.25, -0.2) is 8.42 Å². The largest absolute Gasteiger partial charge is 0.540 e. The molecule has 31 heavy (non-hydrogen) atoms. The highest BCUT2D eigenvalue weighted by atomic mass is 32.2. The second-order valence-electron chi connectivity index (χ2n) is 7.63. The van der Waals surface area contributed by atoms with Gasteiger partial charge >= 0.3 is 0 Å². The predicted molar refractivity (Wildman–Crippen MR) is 107 cm³/mol. The number of carbonyl (C=O) groups excluding carboxylic acids is 2. The number of benzene rings is 1. The van der Waals surface area contributed by atoms with E-state index >= 15 is 0 Å². The van der Waals surface area contributed by atoms with Gasteiger partial charge in [-0.2, -0.15) is 4.31 Å². The number of anilines is 1. The molecule has 0 unspecified atom stereocenters. The van der Waals surface area contributed by atoms with Crippen molar-refractivity contribution in [3.05, 3.63) is 52.4 Å². The molecule has 1 aromatic heterocycles. The first-order valence-corrected chi connectivity index (χ1v) is 11.0. The van der Waals surface area contributed by atoms with Crippen LogP contribution in [0.5, 0.6) is 5.75 Å². The molecule has 3 heterocycles. The Morgan fingerprint density at radius 3 is 2.45 bits per heavy atom. The molecule has 0 spiro atoms. The van der Waals surface area contributed by atoms with Crippen LogP contribution in [-0.2, 0) is 26.2 Å². The Morgan fingerprint density at radius 1 is 1.10 bits per heavy atom. The summed E-state index contributed by atoms with van der Waals surface area (Å²) in [6.07, 6.45) is 0.735. The van der Waals surface area contributed by atoms with Gasteiger partial charge in [0.15, 0.2) is 0 Å². The summed E-state index contributed by atoms with van der Waals surface area (Å²) in [4.78, 5) is 34.9. The number of sulfonamides is 1. The maximum atomic E-state index is 13.1. The molecule has 1 saturated heterocycles. The average Bonchev–Trinajstić information content (AvgIpc) is 2.75. The Balaban J connectivity index is 1.61. The van der Waals surface area contributed by atoms with Gasteiger partial charge < -0.3 is 24.5 Å². The van der Waals surface area contributed by atoms with Gasteiger partial charge in [-0.05, 0) is 48.7 Å². The Kier molecular flexibility index (Phi) is 5.31. The number of nitrogens with one attached hydrogen (secondary N) is 1. The molecular weight excluding hydrogens is 426 g/mol. The fourth-order valence-corrected chi connectivity index (χ4v) is 5.82. The highest BCUT2D eigenvalue weighted by Gasteiger charge is 2.39. The highest BCUT2D eigenvalue weighted by Crippen LogP contribution is 2.37. The molecule has 0 saturated carbocycles. The first kappa shape index (κ1) is 21.1. The first-order chi connectivity index (χ1) is 14.7. The van der Waals surface area contributed by atoms with Gasteiger partial charge in [-0.3, -0.25) is 9.59 Å². The number of rotatable bonds is 4. The number of carboxylic acids is 1. The molecule has 2 bridgehead atoms. The number of carbonyl (C=O) groups is 2. The molecular formula is C20H20N3O7S-. The fraction of sp³-hybridized carbons (Fsp3) is 0.350. The van der Waals surface area contributed by atoms with E-state index in [0.717, 1.165) is 6.42 Å². The van der Waals surface area contributed by atoms with E-state index in [-0.39, 0.29) is 42.1 Å². The summed E-state index contributed by atoms with van der Waals surface area (Å²) in [5.41, 5.74) is -0.0174. The topological polar surface area (TPSA) is 138 Å². The number of aromatic nitrogens is 1. The second-order valence-corrected chi connectivity index (χ2v) is 9.56. The number of fused-ring (bicyclic) bond motifs is 4. The monoisotopic (exact) mass is 446 g/mol. The lowest BCUT2D eigenvalue weighted by Crippen LogP contribution is -2.49. The molecule has 10 nitrogen and oxygen atoms in total. The van der Waals surface area contributed by atoms with E-state index < -0.39 is 27.5 Å².